The molecule has 2 aromatic rings. The number of rotatable bonds is 4. The van der Waals surface area contributed by atoms with Crippen LogP contribution in [-0.4, -0.2) is 50.7 Å². The number of nitrogens with zero attached hydrogens (tertiary/aromatic N) is 5. The van der Waals surface area contributed by atoms with Gasteiger partial charge >= 0.3 is 0 Å². The number of hydrogen-bond donors (Lipinski definition) is 1. The van der Waals surface area contributed by atoms with Gasteiger partial charge in [0, 0.05) is 41.5 Å². The van der Waals surface area contributed by atoms with Gasteiger partial charge in [-0.15, -0.1) is 0 Å². The fraction of sp³-hybridized carbons (Fsp3) is 0.500. The van der Waals surface area contributed by atoms with Crippen molar-refractivity contribution in [3.8, 4) is 0 Å². The van der Waals surface area contributed by atoms with Crippen molar-refractivity contribution >= 4 is 11.4 Å². The minimum atomic E-state index is -0.197. The highest BCUT2D eigenvalue weighted by Crippen LogP contribution is 2.29. The predicted molar refractivity (Wildman–Crippen MR) is 120 cm³/mol. The Hall–Kier alpha value is -2.87. The third kappa shape index (κ3) is 3.77. The van der Waals surface area contributed by atoms with Crippen molar-refractivity contribution in [2.75, 3.05) is 19.6 Å². The summed E-state index contributed by atoms with van der Waals surface area (Å²) in [5, 5.41) is 12.6. The van der Waals surface area contributed by atoms with E-state index in [1.54, 1.807) is 10.6 Å². The van der Waals surface area contributed by atoms with Crippen LogP contribution in [0, 0.1) is 18.7 Å². The van der Waals surface area contributed by atoms with Crippen LogP contribution in [0.2, 0.25) is 0 Å². The second-order valence-electron chi connectivity index (χ2n) is 8.98. The number of aliphatic imine (C=N–C) groups is 1. The van der Waals surface area contributed by atoms with E-state index in [1.165, 1.54) is 6.07 Å². The molecule has 4 heterocycles. The van der Waals surface area contributed by atoms with E-state index in [0.717, 1.165) is 67.0 Å². The van der Waals surface area contributed by atoms with Crippen LogP contribution >= 0.6 is 0 Å². The average Bonchev–Trinajstić information content (AvgIpc) is 3.22. The highest BCUT2D eigenvalue weighted by Gasteiger charge is 2.28. The van der Waals surface area contributed by atoms with Crippen molar-refractivity contribution in [3.63, 3.8) is 0 Å². The van der Waals surface area contributed by atoms with Gasteiger partial charge in [-0.3, -0.25) is 14.4 Å². The highest BCUT2D eigenvalue weighted by molar-refractivity contribution is 6.05. The number of aromatic nitrogens is 2. The quantitative estimate of drug-likeness (QED) is 0.589. The van der Waals surface area contributed by atoms with Gasteiger partial charge in [0.15, 0.2) is 5.82 Å². The van der Waals surface area contributed by atoms with Crippen LogP contribution in [0.25, 0.3) is 0 Å². The fourth-order valence-electron chi connectivity index (χ4n) is 5.27. The first-order chi connectivity index (χ1) is 15.5. The van der Waals surface area contributed by atoms with Crippen molar-refractivity contribution < 1.29 is 9.60 Å². The molecule has 1 saturated heterocycles. The van der Waals surface area contributed by atoms with Gasteiger partial charge in [0.2, 0.25) is 0 Å². The van der Waals surface area contributed by atoms with Crippen LogP contribution < -0.4 is 5.56 Å². The lowest BCUT2D eigenvalue weighted by Gasteiger charge is -2.32. The lowest BCUT2D eigenvalue weighted by molar-refractivity contribution is 0.211. The number of halogens is 1. The largest absolute Gasteiger partial charge is 0.411 e. The van der Waals surface area contributed by atoms with Gasteiger partial charge in [-0.05, 0) is 75.9 Å². The minimum Gasteiger partial charge on any atom is -0.411 e. The summed E-state index contributed by atoms with van der Waals surface area (Å²) >= 11 is 0. The maximum absolute atomic E-state index is 13.5. The number of hydrogen-bond acceptors (Lipinski definition) is 6. The first kappa shape index (κ1) is 21.0. The Labute approximate surface area is 186 Å². The van der Waals surface area contributed by atoms with E-state index in [2.05, 4.69) is 15.0 Å². The molecule has 32 heavy (non-hydrogen) atoms. The average molecular weight is 438 g/mol. The molecule has 1 fully saturated rings. The molecule has 1 aromatic heterocycles. The van der Waals surface area contributed by atoms with Gasteiger partial charge in [-0.1, -0.05) is 5.16 Å². The Bertz CT molecular complexity index is 1160. The molecule has 8 heteroatoms. The smallest absolute Gasteiger partial charge is 0.257 e. The summed E-state index contributed by atoms with van der Waals surface area (Å²) in [4.78, 5) is 24.8. The lowest BCUT2D eigenvalue weighted by Crippen LogP contribution is -2.39. The number of aryl methyl sites for hydroxylation is 1. The van der Waals surface area contributed by atoms with E-state index < -0.39 is 0 Å². The molecule has 1 aromatic carbocycles. The number of piperidine rings is 1. The molecule has 3 aliphatic heterocycles. The number of likely N-dealkylation sites (tertiary alicyclic amines) is 1. The molecule has 0 saturated carbocycles. The van der Waals surface area contributed by atoms with Crippen molar-refractivity contribution in [3.05, 3.63) is 62.6 Å². The van der Waals surface area contributed by atoms with Crippen LogP contribution in [0.4, 0.5) is 4.39 Å². The zero-order valence-corrected chi connectivity index (χ0v) is 18.3. The van der Waals surface area contributed by atoms with E-state index in [0.29, 0.717) is 43.4 Å². The second-order valence-corrected chi connectivity index (χ2v) is 8.98. The van der Waals surface area contributed by atoms with Crippen LogP contribution in [-0.2, 0) is 19.5 Å². The lowest BCUT2D eigenvalue weighted by atomic mass is 9.87. The molecule has 1 N–H and O–H groups in total. The monoisotopic (exact) mass is 437 g/mol. The molecule has 5 rings (SSSR count). The van der Waals surface area contributed by atoms with Crippen LogP contribution in [0.1, 0.15) is 53.9 Å². The number of fused-ring (bicyclic) bond motifs is 2. The molecule has 0 amide bonds. The van der Waals surface area contributed by atoms with E-state index in [4.69, 9.17) is 4.99 Å². The van der Waals surface area contributed by atoms with Gasteiger partial charge in [0.25, 0.3) is 5.56 Å². The Morgan fingerprint density at radius 3 is 2.84 bits per heavy atom. The summed E-state index contributed by atoms with van der Waals surface area (Å²) in [5.41, 5.74) is 5.20. The second kappa shape index (κ2) is 8.58. The van der Waals surface area contributed by atoms with E-state index in [1.807, 2.05) is 13.0 Å². The van der Waals surface area contributed by atoms with Crippen LogP contribution in [0.5, 0.6) is 0 Å². The highest BCUT2D eigenvalue weighted by atomic mass is 19.1. The molecule has 168 valence electrons. The van der Waals surface area contributed by atoms with Gasteiger partial charge < -0.3 is 10.1 Å². The SMILES string of the molecule is Cc1nc2n(c(=O)c1CCN1CCC(C3=NCc4cc(F)ccc43)CC1)CCC/C2=N/O. The zero-order valence-electron chi connectivity index (χ0n) is 18.3. The molecule has 0 spiro atoms. The van der Waals surface area contributed by atoms with Crippen LogP contribution in [0.3, 0.4) is 0 Å². The topological polar surface area (TPSA) is 83.1 Å². The summed E-state index contributed by atoms with van der Waals surface area (Å²) in [6.45, 7) is 5.80. The van der Waals surface area contributed by atoms with Gasteiger partial charge in [-0.25, -0.2) is 9.37 Å². The Kier molecular flexibility index (Phi) is 5.63. The van der Waals surface area contributed by atoms with Crippen molar-refractivity contribution in [2.45, 2.75) is 52.1 Å². The molecule has 0 radical (unpaired) electrons. The summed E-state index contributed by atoms with van der Waals surface area (Å²) in [7, 11) is 0. The summed E-state index contributed by atoms with van der Waals surface area (Å²) in [6, 6.07) is 5.00. The van der Waals surface area contributed by atoms with Gasteiger partial charge in [-0.2, -0.15) is 0 Å². The van der Waals surface area contributed by atoms with Gasteiger partial charge in [0.05, 0.1) is 6.54 Å². The van der Waals surface area contributed by atoms with Crippen molar-refractivity contribution in [1.29, 1.82) is 0 Å². The summed E-state index contributed by atoms with van der Waals surface area (Å²) in [5.74, 6) is 0.716. The first-order valence-electron chi connectivity index (χ1n) is 11.4. The molecule has 0 bridgehead atoms. The fourth-order valence-corrected chi connectivity index (χ4v) is 5.27. The zero-order chi connectivity index (χ0) is 22.2. The molecule has 0 atom stereocenters. The normalized spacial score (nSPS) is 20.3. The Morgan fingerprint density at radius 2 is 2.06 bits per heavy atom. The van der Waals surface area contributed by atoms with Gasteiger partial charge in [0.1, 0.15) is 11.5 Å². The maximum atomic E-state index is 13.5. The molecular weight excluding hydrogens is 409 g/mol. The van der Waals surface area contributed by atoms with E-state index in [9.17, 15) is 14.4 Å². The first-order valence-corrected chi connectivity index (χ1v) is 11.4. The molecular formula is C24H28FN5O2. The van der Waals surface area contributed by atoms with Crippen molar-refractivity contribution in [1.82, 2.24) is 14.5 Å². The third-order valence-electron chi connectivity index (χ3n) is 7.06. The standard InChI is InChI=1S/C24H28FN5O2/c1-15-19(24(31)30-9-2-3-21(28-32)23(30)27-15)8-12-29-10-6-16(7-11-29)22-20-5-4-18(25)13-17(20)14-26-22/h4-5,13,16,32H,2-3,6-12,14H2,1H3/b28-21-. The third-order valence-corrected chi connectivity index (χ3v) is 7.06. The van der Waals surface area contributed by atoms with Crippen molar-refractivity contribution in [2.24, 2.45) is 16.1 Å². The molecule has 3 aliphatic rings. The minimum absolute atomic E-state index is 0.00705. The number of oxime groups is 1. The van der Waals surface area contributed by atoms with E-state index in [-0.39, 0.29) is 11.4 Å². The van der Waals surface area contributed by atoms with E-state index >= 15 is 0 Å². The maximum Gasteiger partial charge on any atom is 0.257 e. The molecule has 7 nitrogen and oxygen atoms in total. The predicted octanol–water partition coefficient (Wildman–Crippen LogP) is 2.92. The molecule has 0 unspecified atom stereocenters. The number of benzene rings is 1. The van der Waals surface area contributed by atoms with Crippen LogP contribution in [0.15, 0.2) is 33.1 Å². The Morgan fingerprint density at radius 1 is 1.25 bits per heavy atom. The summed E-state index contributed by atoms with van der Waals surface area (Å²) < 4.78 is 15.2. The summed E-state index contributed by atoms with van der Waals surface area (Å²) in [6.07, 6.45) is 4.13. The Balaban J connectivity index is 1.23. The molecule has 0 aliphatic carbocycles.